The monoisotopic (exact) mass is 261 g/mol. The van der Waals surface area contributed by atoms with Gasteiger partial charge in [0.15, 0.2) is 6.61 Å². The summed E-state index contributed by atoms with van der Waals surface area (Å²) in [6, 6.07) is 7.54. The summed E-state index contributed by atoms with van der Waals surface area (Å²) in [6.07, 6.45) is 0. The van der Waals surface area contributed by atoms with E-state index in [9.17, 15) is 4.79 Å². The first-order valence-corrected chi connectivity index (χ1v) is 6.33. The largest absolute Gasteiger partial charge is 0.482 e. The van der Waals surface area contributed by atoms with E-state index >= 15 is 0 Å². The van der Waals surface area contributed by atoms with E-state index in [1.165, 1.54) is 11.5 Å². The van der Waals surface area contributed by atoms with E-state index in [0.717, 1.165) is 22.0 Å². The standard InChI is InChI=1S/C12H11N3O2S/c1-8-11(18-14-13-8)6-15-9-4-2-3-5-10(9)17-7-12(15)16/h2-5H,6-7H2,1H3. The SMILES string of the molecule is Cc1nnsc1CN1C(=O)COc2ccccc21. The summed E-state index contributed by atoms with van der Waals surface area (Å²) in [5.41, 5.74) is 1.68. The number of aromatic nitrogens is 2. The number of carbonyl (C=O) groups is 1. The third-order valence-electron chi connectivity index (χ3n) is 2.86. The van der Waals surface area contributed by atoms with Crippen molar-refractivity contribution in [1.82, 2.24) is 9.59 Å². The molecule has 1 aromatic carbocycles. The Labute approximate surface area is 108 Å². The maximum atomic E-state index is 12.0. The molecule has 0 saturated heterocycles. The van der Waals surface area contributed by atoms with Gasteiger partial charge in [-0.15, -0.1) is 5.10 Å². The van der Waals surface area contributed by atoms with Crippen LogP contribution in [0.1, 0.15) is 10.6 Å². The topological polar surface area (TPSA) is 55.3 Å². The maximum Gasteiger partial charge on any atom is 0.265 e. The second kappa shape index (κ2) is 4.38. The number of hydrogen-bond donors (Lipinski definition) is 0. The van der Waals surface area contributed by atoms with Gasteiger partial charge in [-0.05, 0) is 30.6 Å². The molecule has 0 saturated carbocycles. The Hall–Kier alpha value is -1.95. The molecule has 3 rings (SSSR count). The number of para-hydroxylation sites is 2. The van der Waals surface area contributed by atoms with Crippen molar-refractivity contribution in [3.63, 3.8) is 0 Å². The summed E-state index contributed by atoms with van der Waals surface area (Å²) in [7, 11) is 0. The molecule has 0 fully saturated rings. The minimum atomic E-state index is -0.0403. The van der Waals surface area contributed by atoms with E-state index in [0.29, 0.717) is 6.54 Å². The van der Waals surface area contributed by atoms with Gasteiger partial charge < -0.3 is 9.64 Å². The fourth-order valence-electron chi connectivity index (χ4n) is 1.87. The van der Waals surface area contributed by atoms with Crippen molar-refractivity contribution in [2.45, 2.75) is 13.5 Å². The lowest BCUT2D eigenvalue weighted by atomic mass is 10.2. The van der Waals surface area contributed by atoms with Gasteiger partial charge >= 0.3 is 0 Å². The van der Waals surface area contributed by atoms with Crippen LogP contribution >= 0.6 is 11.5 Å². The smallest absolute Gasteiger partial charge is 0.265 e. The van der Waals surface area contributed by atoms with Gasteiger partial charge in [0.25, 0.3) is 5.91 Å². The number of aryl methyl sites for hydroxylation is 1. The molecule has 92 valence electrons. The highest BCUT2D eigenvalue weighted by atomic mass is 32.1. The third-order valence-corrected chi connectivity index (χ3v) is 3.66. The van der Waals surface area contributed by atoms with Crippen LogP contribution in [0.3, 0.4) is 0 Å². The van der Waals surface area contributed by atoms with Crippen LogP contribution in [0.15, 0.2) is 24.3 Å². The minimum absolute atomic E-state index is 0.0403. The summed E-state index contributed by atoms with van der Waals surface area (Å²) in [5, 5.41) is 3.96. The molecule has 5 nitrogen and oxygen atoms in total. The van der Waals surface area contributed by atoms with Gasteiger partial charge in [-0.1, -0.05) is 16.6 Å². The average molecular weight is 261 g/mol. The quantitative estimate of drug-likeness (QED) is 0.826. The Morgan fingerprint density at radius 3 is 3.06 bits per heavy atom. The zero-order valence-electron chi connectivity index (χ0n) is 9.79. The molecule has 0 spiro atoms. The van der Waals surface area contributed by atoms with E-state index < -0.39 is 0 Å². The summed E-state index contributed by atoms with van der Waals surface area (Å²) in [6.45, 7) is 2.49. The Morgan fingerprint density at radius 2 is 2.28 bits per heavy atom. The molecule has 1 aliphatic rings. The fourth-order valence-corrected chi connectivity index (χ4v) is 2.49. The van der Waals surface area contributed by atoms with Gasteiger partial charge in [-0.2, -0.15) is 0 Å². The van der Waals surface area contributed by atoms with Crippen LogP contribution in [0.4, 0.5) is 5.69 Å². The van der Waals surface area contributed by atoms with Crippen molar-refractivity contribution in [2.75, 3.05) is 11.5 Å². The Bertz CT molecular complexity index is 597. The molecule has 0 bridgehead atoms. The number of benzene rings is 1. The molecule has 0 aliphatic carbocycles. The van der Waals surface area contributed by atoms with Gasteiger partial charge in [0, 0.05) is 0 Å². The summed E-state index contributed by atoms with van der Waals surface area (Å²) >= 11 is 1.32. The first-order valence-electron chi connectivity index (χ1n) is 5.56. The van der Waals surface area contributed by atoms with Gasteiger partial charge in [0.1, 0.15) is 5.75 Å². The summed E-state index contributed by atoms with van der Waals surface area (Å²) in [4.78, 5) is 14.7. The van der Waals surface area contributed by atoms with E-state index in [1.807, 2.05) is 31.2 Å². The predicted molar refractivity (Wildman–Crippen MR) is 67.8 cm³/mol. The number of amides is 1. The van der Waals surface area contributed by atoms with E-state index in [-0.39, 0.29) is 12.5 Å². The Kier molecular flexibility index (Phi) is 2.71. The van der Waals surface area contributed by atoms with Crippen molar-refractivity contribution in [1.29, 1.82) is 0 Å². The van der Waals surface area contributed by atoms with Crippen molar-refractivity contribution < 1.29 is 9.53 Å². The van der Waals surface area contributed by atoms with E-state index in [4.69, 9.17) is 4.74 Å². The predicted octanol–water partition coefficient (Wildman–Crippen LogP) is 1.77. The van der Waals surface area contributed by atoms with Crippen molar-refractivity contribution in [3.05, 3.63) is 34.8 Å². The number of rotatable bonds is 2. The van der Waals surface area contributed by atoms with Crippen LogP contribution in [-0.4, -0.2) is 22.1 Å². The number of hydrogen-bond acceptors (Lipinski definition) is 5. The minimum Gasteiger partial charge on any atom is -0.482 e. The summed E-state index contributed by atoms with van der Waals surface area (Å²) < 4.78 is 9.29. The zero-order valence-corrected chi connectivity index (χ0v) is 10.6. The molecule has 1 aliphatic heterocycles. The fraction of sp³-hybridized carbons (Fsp3) is 0.250. The van der Waals surface area contributed by atoms with E-state index in [2.05, 4.69) is 9.59 Å². The molecule has 2 heterocycles. The molecule has 2 aromatic rings. The third kappa shape index (κ3) is 1.84. The summed E-state index contributed by atoms with van der Waals surface area (Å²) in [5.74, 6) is 0.703. The second-order valence-corrected chi connectivity index (χ2v) is 4.86. The molecule has 0 atom stereocenters. The Morgan fingerprint density at radius 1 is 1.44 bits per heavy atom. The molecule has 6 heteroatoms. The molecule has 1 aromatic heterocycles. The highest BCUT2D eigenvalue weighted by Crippen LogP contribution is 2.33. The molecule has 0 unspecified atom stereocenters. The van der Waals surface area contributed by atoms with E-state index in [1.54, 1.807) is 4.90 Å². The van der Waals surface area contributed by atoms with Gasteiger partial charge in [-0.3, -0.25) is 4.79 Å². The molecule has 1 amide bonds. The van der Waals surface area contributed by atoms with Crippen LogP contribution < -0.4 is 9.64 Å². The van der Waals surface area contributed by atoms with Crippen LogP contribution in [0.25, 0.3) is 0 Å². The lowest BCUT2D eigenvalue weighted by Crippen LogP contribution is -2.38. The van der Waals surface area contributed by atoms with Gasteiger partial charge in [0.05, 0.1) is 22.8 Å². The van der Waals surface area contributed by atoms with Gasteiger partial charge in [0.2, 0.25) is 0 Å². The maximum absolute atomic E-state index is 12.0. The van der Waals surface area contributed by atoms with Crippen molar-refractivity contribution in [2.24, 2.45) is 0 Å². The number of nitrogens with zero attached hydrogens (tertiary/aromatic N) is 3. The average Bonchev–Trinajstić information content (AvgIpc) is 2.79. The van der Waals surface area contributed by atoms with Crippen LogP contribution in [-0.2, 0) is 11.3 Å². The van der Waals surface area contributed by atoms with Crippen LogP contribution in [0.5, 0.6) is 5.75 Å². The van der Waals surface area contributed by atoms with Crippen LogP contribution in [0.2, 0.25) is 0 Å². The number of anilines is 1. The first-order chi connectivity index (χ1) is 8.75. The number of fused-ring (bicyclic) bond motifs is 1. The van der Waals surface area contributed by atoms with Crippen molar-refractivity contribution in [3.8, 4) is 5.75 Å². The Balaban J connectivity index is 1.96. The molecular formula is C12H11N3O2S. The number of carbonyl (C=O) groups excluding carboxylic acids is 1. The molecule has 0 N–H and O–H groups in total. The highest BCUT2D eigenvalue weighted by molar-refractivity contribution is 7.05. The lowest BCUT2D eigenvalue weighted by Gasteiger charge is -2.28. The normalized spacial score (nSPS) is 14.3. The molecule has 0 radical (unpaired) electrons. The lowest BCUT2D eigenvalue weighted by molar-refractivity contribution is -0.121. The van der Waals surface area contributed by atoms with Crippen molar-refractivity contribution >= 4 is 23.1 Å². The van der Waals surface area contributed by atoms with Crippen LogP contribution in [0, 0.1) is 6.92 Å². The molecular weight excluding hydrogens is 250 g/mol. The zero-order chi connectivity index (χ0) is 12.5. The first kappa shape index (κ1) is 11.2. The molecule has 18 heavy (non-hydrogen) atoms. The second-order valence-electron chi connectivity index (χ2n) is 4.02. The highest BCUT2D eigenvalue weighted by Gasteiger charge is 2.26. The number of ether oxygens (including phenoxy) is 1. The van der Waals surface area contributed by atoms with Gasteiger partial charge in [-0.25, -0.2) is 0 Å².